The Morgan fingerprint density at radius 3 is 2.58 bits per heavy atom. The zero-order chi connectivity index (χ0) is 19.2. The summed E-state index contributed by atoms with van der Waals surface area (Å²) in [6.07, 6.45) is 0. The average Bonchev–Trinajstić information content (AvgIpc) is 2.87. The van der Waals surface area contributed by atoms with Gasteiger partial charge in [-0.1, -0.05) is 23.2 Å². The summed E-state index contributed by atoms with van der Waals surface area (Å²) >= 11 is 11.9. The number of hydrogen-bond donors (Lipinski definition) is 1. The summed E-state index contributed by atoms with van der Waals surface area (Å²) in [7, 11) is 0. The van der Waals surface area contributed by atoms with Crippen LogP contribution in [0.5, 0.6) is 0 Å². The van der Waals surface area contributed by atoms with Gasteiger partial charge >= 0.3 is 0 Å². The molecule has 0 fully saturated rings. The van der Waals surface area contributed by atoms with Crippen molar-refractivity contribution < 1.29 is 9.18 Å². The minimum absolute atomic E-state index is 0.0640. The fourth-order valence-corrected chi connectivity index (χ4v) is 3.46. The molecule has 3 rings (SSSR count). The van der Waals surface area contributed by atoms with Gasteiger partial charge in [0.15, 0.2) is 5.65 Å². The molecule has 1 N–H and O–H groups in total. The second-order valence-corrected chi connectivity index (χ2v) is 7.03. The Balaban J connectivity index is 1.97. The Morgan fingerprint density at radius 1 is 1.19 bits per heavy atom. The lowest BCUT2D eigenvalue weighted by molar-refractivity contribution is 0.0940. The molecular weight excluding hydrogens is 378 g/mol. The molecule has 2 aromatic heterocycles. The van der Waals surface area contributed by atoms with Crippen molar-refractivity contribution in [1.82, 2.24) is 19.9 Å². The minimum atomic E-state index is -0.591. The molecule has 0 radical (unpaired) electrons. The van der Waals surface area contributed by atoms with Crippen molar-refractivity contribution in [3.05, 3.63) is 62.3 Å². The van der Waals surface area contributed by atoms with Crippen molar-refractivity contribution in [3.8, 4) is 0 Å². The van der Waals surface area contributed by atoms with E-state index in [0.29, 0.717) is 22.5 Å². The van der Waals surface area contributed by atoms with E-state index in [4.69, 9.17) is 23.2 Å². The number of fused-ring (bicyclic) bond motifs is 1. The Bertz CT molecular complexity index is 1030. The van der Waals surface area contributed by atoms with Crippen LogP contribution in [0.4, 0.5) is 4.39 Å². The van der Waals surface area contributed by atoms with Gasteiger partial charge in [0.05, 0.1) is 16.8 Å². The number of amides is 1. The van der Waals surface area contributed by atoms with E-state index in [1.165, 1.54) is 12.1 Å². The summed E-state index contributed by atoms with van der Waals surface area (Å²) in [6, 6.07) is 3.91. The third-order valence-corrected chi connectivity index (χ3v) is 4.77. The van der Waals surface area contributed by atoms with Crippen molar-refractivity contribution in [2.24, 2.45) is 0 Å². The maximum absolute atomic E-state index is 13.8. The van der Waals surface area contributed by atoms with Gasteiger partial charge in [0, 0.05) is 16.4 Å². The molecule has 1 aromatic carbocycles. The first kappa shape index (κ1) is 18.6. The zero-order valence-electron chi connectivity index (χ0n) is 14.7. The number of nitrogens with zero attached hydrogens (tertiary/aromatic N) is 3. The van der Waals surface area contributed by atoms with Gasteiger partial charge in [0.25, 0.3) is 5.91 Å². The van der Waals surface area contributed by atoms with Gasteiger partial charge in [0.1, 0.15) is 11.4 Å². The van der Waals surface area contributed by atoms with Gasteiger partial charge in [-0.25, -0.2) is 13.9 Å². The number of nitrogens with one attached hydrogen (secondary N) is 1. The van der Waals surface area contributed by atoms with Crippen LogP contribution in [0, 0.1) is 26.6 Å². The molecule has 3 aromatic rings. The van der Waals surface area contributed by atoms with Gasteiger partial charge in [-0.3, -0.25) is 4.79 Å². The molecule has 0 saturated heterocycles. The fourth-order valence-electron chi connectivity index (χ4n) is 2.91. The van der Waals surface area contributed by atoms with E-state index in [-0.39, 0.29) is 16.0 Å². The van der Waals surface area contributed by atoms with Gasteiger partial charge in [-0.15, -0.1) is 0 Å². The summed E-state index contributed by atoms with van der Waals surface area (Å²) in [4.78, 5) is 17.3. The molecule has 0 aliphatic rings. The number of hydrogen-bond acceptors (Lipinski definition) is 3. The van der Waals surface area contributed by atoms with E-state index in [1.807, 2.05) is 19.9 Å². The number of rotatable bonds is 3. The first-order valence-electron chi connectivity index (χ1n) is 7.98. The number of benzene rings is 1. The molecular formula is C18H17Cl2FN4O. The third kappa shape index (κ3) is 3.27. The van der Waals surface area contributed by atoms with Crippen LogP contribution in [-0.2, 0) is 0 Å². The van der Waals surface area contributed by atoms with Crippen LogP contribution in [0.15, 0.2) is 18.2 Å². The van der Waals surface area contributed by atoms with E-state index in [2.05, 4.69) is 15.4 Å². The summed E-state index contributed by atoms with van der Waals surface area (Å²) in [5.41, 5.74) is 3.54. The smallest absolute Gasteiger partial charge is 0.257 e. The standard InChI is InChI=1S/C18H17Cl2FN4O/c1-8-5-9(2)25-17(22-8)16(11(4)24-25)18(26)23-10(3)12-6-15(21)14(20)7-13(12)19/h5-7,10H,1-4H3,(H,23,26). The summed E-state index contributed by atoms with van der Waals surface area (Å²) in [5, 5.41) is 7.44. The zero-order valence-corrected chi connectivity index (χ0v) is 16.2. The Morgan fingerprint density at radius 2 is 1.88 bits per heavy atom. The minimum Gasteiger partial charge on any atom is -0.345 e. The summed E-state index contributed by atoms with van der Waals surface area (Å²) in [6.45, 7) is 7.22. The van der Waals surface area contributed by atoms with E-state index in [9.17, 15) is 9.18 Å². The van der Waals surface area contributed by atoms with Gasteiger partial charge in [-0.05, 0) is 51.5 Å². The summed E-state index contributed by atoms with van der Waals surface area (Å²) < 4.78 is 15.4. The lowest BCUT2D eigenvalue weighted by Gasteiger charge is -2.16. The second kappa shape index (κ2) is 6.85. The highest BCUT2D eigenvalue weighted by atomic mass is 35.5. The van der Waals surface area contributed by atoms with Gasteiger partial charge in [-0.2, -0.15) is 5.10 Å². The van der Waals surface area contributed by atoms with Crippen molar-refractivity contribution in [2.45, 2.75) is 33.7 Å². The topological polar surface area (TPSA) is 59.3 Å². The molecule has 0 aliphatic heterocycles. The van der Waals surface area contributed by atoms with Crippen molar-refractivity contribution in [3.63, 3.8) is 0 Å². The van der Waals surface area contributed by atoms with E-state index >= 15 is 0 Å². The van der Waals surface area contributed by atoms with Crippen LogP contribution >= 0.6 is 23.2 Å². The summed E-state index contributed by atoms with van der Waals surface area (Å²) in [5.74, 6) is -0.943. The first-order valence-corrected chi connectivity index (χ1v) is 8.73. The van der Waals surface area contributed by atoms with Crippen molar-refractivity contribution in [1.29, 1.82) is 0 Å². The Hall–Kier alpha value is -2.18. The molecule has 1 unspecified atom stereocenters. The number of aromatic nitrogens is 3. The van der Waals surface area contributed by atoms with Crippen LogP contribution in [0.25, 0.3) is 5.65 Å². The molecule has 0 aliphatic carbocycles. The lowest BCUT2D eigenvalue weighted by Crippen LogP contribution is -2.27. The molecule has 0 saturated carbocycles. The van der Waals surface area contributed by atoms with Crippen LogP contribution in [0.1, 0.15) is 46.0 Å². The fraction of sp³-hybridized carbons (Fsp3) is 0.278. The SMILES string of the molecule is Cc1cc(C)n2nc(C)c(C(=O)NC(C)c3cc(F)c(Cl)cc3Cl)c2n1. The van der Waals surface area contributed by atoms with Gasteiger partial charge in [0.2, 0.25) is 0 Å². The lowest BCUT2D eigenvalue weighted by atomic mass is 10.1. The molecule has 26 heavy (non-hydrogen) atoms. The highest BCUT2D eigenvalue weighted by Gasteiger charge is 2.22. The molecule has 1 amide bonds. The molecule has 0 spiro atoms. The van der Waals surface area contributed by atoms with Crippen LogP contribution in [0.3, 0.4) is 0 Å². The van der Waals surface area contributed by atoms with Crippen molar-refractivity contribution >= 4 is 34.8 Å². The normalized spacial score (nSPS) is 12.4. The Kier molecular flexibility index (Phi) is 4.90. The average molecular weight is 395 g/mol. The van der Waals surface area contributed by atoms with Crippen LogP contribution < -0.4 is 5.32 Å². The highest BCUT2D eigenvalue weighted by molar-refractivity contribution is 6.35. The number of carbonyl (C=O) groups is 1. The maximum atomic E-state index is 13.8. The van der Waals surface area contributed by atoms with E-state index < -0.39 is 11.9 Å². The predicted octanol–water partition coefficient (Wildman–Crippen LogP) is 4.59. The quantitative estimate of drug-likeness (QED) is 0.660. The Labute approximate surface area is 160 Å². The molecule has 2 heterocycles. The highest BCUT2D eigenvalue weighted by Crippen LogP contribution is 2.29. The maximum Gasteiger partial charge on any atom is 0.257 e. The van der Waals surface area contributed by atoms with Crippen molar-refractivity contribution in [2.75, 3.05) is 0 Å². The molecule has 1 atom stereocenters. The molecule has 8 heteroatoms. The molecule has 136 valence electrons. The first-order chi connectivity index (χ1) is 12.2. The van der Waals surface area contributed by atoms with Gasteiger partial charge < -0.3 is 5.32 Å². The number of carbonyl (C=O) groups excluding carboxylic acids is 1. The van der Waals surface area contributed by atoms with E-state index in [1.54, 1.807) is 18.4 Å². The monoisotopic (exact) mass is 394 g/mol. The van der Waals surface area contributed by atoms with Crippen LogP contribution in [0.2, 0.25) is 10.0 Å². The number of halogens is 3. The number of aryl methyl sites for hydroxylation is 3. The molecule has 0 bridgehead atoms. The third-order valence-electron chi connectivity index (χ3n) is 4.15. The largest absolute Gasteiger partial charge is 0.345 e. The molecule has 5 nitrogen and oxygen atoms in total. The predicted molar refractivity (Wildman–Crippen MR) is 99.5 cm³/mol. The second-order valence-electron chi connectivity index (χ2n) is 6.22. The van der Waals surface area contributed by atoms with Crippen LogP contribution in [-0.4, -0.2) is 20.5 Å². The van der Waals surface area contributed by atoms with E-state index in [0.717, 1.165) is 11.4 Å².